The van der Waals surface area contributed by atoms with Crippen molar-refractivity contribution < 1.29 is 0 Å². The molecule has 0 heterocycles. The Bertz CT molecular complexity index is 143. The summed E-state index contributed by atoms with van der Waals surface area (Å²) in [5.74, 6) is 0. The topological polar surface area (TPSA) is 0 Å². The van der Waals surface area contributed by atoms with E-state index >= 15 is 0 Å². The first-order valence-corrected chi connectivity index (χ1v) is 8.24. The van der Waals surface area contributed by atoms with E-state index in [2.05, 4.69) is 26.2 Å². The standard InChI is InChI=1S/C10H20Si/c1-9-5-7-10(8-6-9)11(2,3)4/h10H,1,5-8H2,2-4H3. The zero-order valence-electron chi connectivity index (χ0n) is 8.11. The monoisotopic (exact) mass is 168 g/mol. The Morgan fingerprint density at radius 1 is 1.18 bits per heavy atom. The summed E-state index contributed by atoms with van der Waals surface area (Å²) in [6.07, 6.45) is 5.45. The zero-order valence-corrected chi connectivity index (χ0v) is 9.11. The lowest BCUT2D eigenvalue weighted by Gasteiger charge is -2.32. The highest BCUT2D eigenvalue weighted by atomic mass is 28.3. The van der Waals surface area contributed by atoms with Gasteiger partial charge < -0.3 is 0 Å². The summed E-state index contributed by atoms with van der Waals surface area (Å²) in [5.41, 5.74) is 2.55. The fourth-order valence-electron chi connectivity index (χ4n) is 1.89. The maximum absolute atomic E-state index is 4.05. The highest BCUT2D eigenvalue weighted by Crippen LogP contribution is 2.38. The molecule has 0 nitrogen and oxygen atoms in total. The minimum absolute atomic E-state index is 0.827. The van der Waals surface area contributed by atoms with Crippen LogP contribution in [-0.4, -0.2) is 8.07 Å². The van der Waals surface area contributed by atoms with Crippen molar-refractivity contribution in [2.45, 2.75) is 50.9 Å². The lowest BCUT2D eigenvalue weighted by Crippen LogP contribution is -2.29. The van der Waals surface area contributed by atoms with E-state index in [1.54, 1.807) is 0 Å². The summed E-state index contributed by atoms with van der Waals surface area (Å²) in [6.45, 7) is 11.5. The lowest BCUT2D eigenvalue weighted by atomic mass is 9.96. The van der Waals surface area contributed by atoms with Gasteiger partial charge in [-0.25, -0.2) is 0 Å². The molecule has 11 heavy (non-hydrogen) atoms. The Hall–Kier alpha value is -0.0431. The third kappa shape index (κ3) is 2.48. The Morgan fingerprint density at radius 2 is 1.64 bits per heavy atom. The molecule has 1 rings (SSSR count). The van der Waals surface area contributed by atoms with E-state index < -0.39 is 8.07 Å². The molecule has 0 aromatic heterocycles. The van der Waals surface area contributed by atoms with E-state index in [9.17, 15) is 0 Å². The molecular formula is C10H20Si. The van der Waals surface area contributed by atoms with Crippen molar-refractivity contribution in [1.29, 1.82) is 0 Å². The molecule has 0 saturated heterocycles. The minimum atomic E-state index is -0.827. The fraction of sp³-hybridized carbons (Fsp3) is 0.800. The molecular weight excluding hydrogens is 148 g/mol. The minimum Gasteiger partial charge on any atom is -0.0999 e. The van der Waals surface area contributed by atoms with Crippen molar-refractivity contribution in [1.82, 2.24) is 0 Å². The van der Waals surface area contributed by atoms with Gasteiger partial charge in [0.05, 0.1) is 0 Å². The Labute approximate surface area is 71.7 Å². The summed E-state index contributed by atoms with van der Waals surface area (Å²) < 4.78 is 0. The third-order valence-corrected chi connectivity index (χ3v) is 5.94. The molecule has 0 aliphatic heterocycles. The van der Waals surface area contributed by atoms with Crippen LogP contribution in [0.25, 0.3) is 0 Å². The van der Waals surface area contributed by atoms with Crippen molar-refractivity contribution in [2.75, 3.05) is 0 Å². The van der Waals surface area contributed by atoms with E-state index in [4.69, 9.17) is 0 Å². The number of allylic oxidation sites excluding steroid dienone is 1. The summed E-state index contributed by atoms with van der Waals surface area (Å²) >= 11 is 0. The van der Waals surface area contributed by atoms with Crippen LogP contribution in [-0.2, 0) is 0 Å². The molecule has 0 amide bonds. The first kappa shape index (κ1) is 9.05. The molecule has 1 saturated carbocycles. The van der Waals surface area contributed by atoms with Gasteiger partial charge in [-0.05, 0) is 31.2 Å². The third-order valence-electron chi connectivity index (χ3n) is 2.92. The molecule has 1 heteroatoms. The van der Waals surface area contributed by atoms with Crippen LogP contribution in [0.2, 0.25) is 25.2 Å². The quantitative estimate of drug-likeness (QED) is 0.412. The second kappa shape index (κ2) is 3.14. The van der Waals surface area contributed by atoms with Gasteiger partial charge >= 0.3 is 0 Å². The van der Waals surface area contributed by atoms with Gasteiger partial charge in [-0.3, -0.25) is 0 Å². The van der Waals surface area contributed by atoms with Crippen LogP contribution < -0.4 is 0 Å². The number of rotatable bonds is 1. The predicted molar refractivity (Wildman–Crippen MR) is 54.7 cm³/mol. The SMILES string of the molecule is C=C1CCC([Si](C)(C)C)CC1. The Morgan fingerprint density at radius 3 is 2.00 bits per heavy atom. The second-order valence-corrected chi connectivity index (χ2v) is 10.4. The van der Waals surface area contributed by atoms with Crippen LogP contribution in [0.4, 0.5) is 0 Å². The molecule has 0 aromatic carbocycles. The van der Waals surface area contributed by atoms with Gasteiger partial charge in [0.15, 0.2) is 0 Å². The maximum atomic E-state index is 4.05. The summed E-state index contributed by atoms with van der Waals surface area (Å²) in [7, 11) is -0.827. The van der Waals surface area contributed by atoms with Crippen molar-refractivity contribution in [2.24, 2.45) is 0 Å². The fourth-order valence-corrected chi connectivity index (χ4v) is 3.91. The molecule has 0 aromatic rings. The first-order valence-electron chi connectivity index (χ1n) is 4.67. The Balaban J connectivity index is 2.45. The van der Waals surface area contributed by atoms with Crippen LogP contribution in [0.1, 0.15) is 25.7 Å². The molecule has 0 bridgehead atoms. The van der Waals surface area contributed by atoms with E-state index in [0.717, 1.165) is 5.54 Å². The average Bonchev–Trinajstić information content (AvgIpc) is 1.86. The van der Waals surface area contributed by atoms with Gasteiger partial charge in [-0.2, -0.15) is 0 Å². The summed E-state index contributed by atoms with van der Waals surface area (Å²) in [6, 6.07) is 0. The van der Waals surface area contributed by atoms with E-state index in [-0.39, 0.29) is 0 Å². The van der Waals surface area contributed by atoms with Gasteiger partial charge in [0.1, 0.15) is 0 Å². The second-order valence-electron chi connectivity index (χ2n) is 4.89. The summed E-state index contributed by atoms with van der Waals surface area (Å²) in [5, 5.41) is 0. The van der Waals surface area contributed by atoms with Crippen LogP contribution in [0.15, 0.2) is 12.2 Å². The smallest absolute Gasteiger partial charge is 0.0474 e. The molecule has 1 fully saturated rings. The highest BCUT2D eigenvalue weighted by Gasteiger charge is 2.28. The van der Waals surface area contributed by atoms with Crippen molar-refractivity contribution >= 4 is 8.07 Å². The molecule has 1 aliphatic carbocycles. The Kier molecular flexibility index (Phi) is 2.58. The molecule has 1 aliphatic rings. The van der Waals surface area contributed by atoms with Crippen LogP contribution in [0, 0.1) is 0 Å². The molecule has 0 N–H and O–H groups in total. The van der Waals surface area contributed by atoms with Gasteiger partial charge in [-0.1, -0.05) is 31.8 Å². The summed E-state index contributed by atoms with van der Waals surface area (Å²) in [4.78, 5) is 0. The van der Waals surface area contributed by atoms with Crippen molar-refractivity contribution in [3.8, 4) is 0 Å². The largest absolute Gasteiger partial charge is 0.0999 e. The van der Waals surface area contributed by atoms with E-state index in [0.29, 0.717) is 0 Å². The number of hydrogen-bond donors (Lipinski definition) is 0. The molecule has 64 valence electrons. The van der Waals surface area contributed by atoms with E-state index in [1.165, 1.54) is 31.3 Å². The molecule has 0 spiro atoms. The zero-order chi connectivity index (χ0) is 8.48. The van der Waals surface area contributed by atoms with Gasteiger partial charge in [0.25, 0.3) is 0 Å². The highest BCUT2D eigenvalue weighted by molar-refractivity contribution is 6.77. The van der Waals surface area contributed by atoms with E-state index in [1.807, 2.05) is 0 Å². The predicted octanol–water partition coefficient (Wildman–Crippen LogP) is 3.83. The lowest BCUT2D eigenvalue weighted by molar-refractivity contribution is 0.583. The normalized spacial score (nSPS) is 22.3. The average molecular weight is 168 g/mol. The van der Waals surface area contributed by atoms with Crippen LogP contribution in [0.3, 0.4) is 0 Å². The van der Waals surface area contributed by atoms with Gasteiger partial charge in [-0.15, -0.1) is 0 Å². The van der Waals surface area contributed by atoms with Crippen LogP contribution >= 0.6 is 0 Å². The van der Waals surface area contributed by atoms with Gasteiger partial charge in [0, 0.05) is 8.07 Å². The molecule has 0 unspecified atom stereocenters. The molecule has 0 radical (unpaired) electrons. The molecule has 0 atom stereocenters. The van der Waals surface area contributed by atoms with Crippen molar-refractivity contribution in [3.05, 3.63) is 12.2 Å². The van der Waals surface area contributed by atoms with Gasteiger partial charge in [0.2, 0.25) is 0 Å². The first-order chi connectivity index (χ1) is 5.00. The van der Waals surface area contributed by atoms with Crippen molar-refractivity contribution in [3.63, 3.8) is 0 Å². The maximum Gasteiger partial charge on any atom is 0.0474 e. The number of hydrogen-bond acceptors (Lipinski definition) is 0. The van der Waals surface area contributed by atoms with Crippen LogP contribution in [0.5, 0.6) is 0 Å².